The van der Waals surface area contributed by atoms with Crippen LogP contribution in [-0.2, 0) is 6.54 Å². The van der Waals surface area contributed by atoms with Crippen LogP contribution in [0.25, 0.3) is 10.9 Å². The molecule has 4 heterocycles. The molecule has 9 heteroatoms. The Balaban J connectivity index is 0.000000189. The standard InChI is InChI=1S/C14H14BrFN2.C6H6BrFN2.ClH/c15-12-6-9(16)5-10-11-7-18-3-1-8(2-4-18)13(11)17-14(10)12;7-5-3-4(8)1-2-6(5)10-9;/h5-6,8,17H,1-4,7H2;1-3,10H,9H2;1H. The molecule has 156 valence electrons. The molecule has 0 amide bonds. The fraction of sp³-hybridized carbons (Fsp3) is 0.300. The maximum atomic E-state index is 13.6. The highest BCUT2D eigenvalue weighted by Crippen LogP contribution is 2.40. The Morgan fingerprint density at radius 1 is 1.03 bits per heavy atom. The molecular formula is C20H21Br2ClF2N4. The number of anilines is 1. The van der Waals surface area contributed by atoms with Crippen LogP contribution in [0.2, 0.25) is 0 Å². The fourth-order valence-electron chi connectivity index (χ4n) is 4.02. The van der Waals surface area contributed by atoms with Gasteiger partial charge in [-0.05, 0) is 93.7 Å². The van der Waals surface area contributed by atoms with Crippen molar-refractivity contribution in [1.82, 2.24) is 9.88 Å². The van der Waals surface area contributed by atoms with Crippen molar-refractivity contribution in [2.75, 3.05) is 18.5 Å². The summed E-state index contributed by atoms with van der Waals surface area (Å²) in [7, 11) is 0. The molecule has 29 heavy (non-hydrogen) atoms. The van der Waals surface area contributed by atoms with E-state index in [-0.39, 0.29) is 24.0 Å². The average Bonchev–Trinajstić information content (AvgIpc) is 2.83. The Bertz CT molecular complexity index is 1020. The maximum absolute atomic E-state index is 13.6. The van der Waals surface area contributed by atoms with Gasteiger partial charge in [0.1, 0.15) is 11.6 Å². The third kappa shape index (κ3) is 4.61. The number of hydrazine groups is 1. The number of rotatable bonds is 1. The van der Waals surface area contributed by atoms with Gasteiger partial charge in [0.2, 0.25) is 0 Å². The number of nitrogens with zero attached hydrogens (tertiary/aromatic N) is 1. The van der Waals surface area contributed by atoms with Crippen LogP contribution >= 0.6 is 44.3 Å². The van der Waals surface area contributed by atoms with Gasteiger partial charge >= 0.3 is 0 Å². The van der Waals surface area contributed by atoms with Crippen molar-refractivity contribution in [3.63, 3.8) is 0 Å². The lowest BCUT2D eigenvalue weighted by molar-refractivity contribution is 0.220. The number of aromatic nitrogens is 1. The number of nitrogens with two attached hydrogens (primary N) is 1. The van der Waals surface area contributed by atoms with Crippen LogP contribution in [0.4, 0.5) is 14.5 Å². The average molecular weight is 551 g/mol. The van der Waals surface area contributed by atoms with Crippen molar-refractivity contribution in [1.29, 1.82) is 0 Å². The van der Waals surface area contributed by atoms with Gasteiger partial charge in [0.15, 0.2) is 0 Å². The van der Waals surface area contributed by atoms with E-state index in [1.165, 1.54) is 55.4 Å². The van der Waals surface area contributed by atoms with E-state index in [0.29, 0.717) is 16.1 Å². The predicted molar refractivity (Wildman–Crippen MR) is 122 cm³/mol. The topological polar surface area (TPSA) is 57.1 Å². The first-order valence-corrected chi connectivity index (χ1v) is 10.7. The summed E-state index contributed by atoms with van der Waals surface area (Å²) >= 11 is 6.59. The highest BCUT2D eigenvalue weighted by atomic mass is 79.9. The van der Waals surface area contributed by atoms with E-state index in [4.69, 9.17) is 5.84 Å². The molecule has 4 nitrogen and oxygen atoms in total. The Labute approximate surface area is 190 Å². The number of nitrogens with one attached hydrogen (secondary N) is 2. The van der Waals surface area contributed by atoms with Crippen molar-refractivity contribution in [3.05, 3.63) is 62.2 Å². The Kier molecular flexibility index (Phi) is 7.22. The van der Waals surface area contributed by atoms with Crippen molar-refractivity contribution in [3.8, 4) is 0 Å². The van der Waals surface area contributed by atoms with E-state index in [1.54, 1.807) is 12.1 Å². The van der Waals surface area contributed by atoms with Crippen LogP contribution in [0.3, 0.4) is 0 Å². The second-order valence-corrected chi connectivity index (χ2v) is 8.86. The zero-order valence-corrected chi connectivity index (χ0v) is 19.4. The Hall–Kier alpha value is -1.19. The van der Waals surface area contributed by atoms with E-state index in [0.717, 1.165) is 21.9 Å². The van der Waals surface area contributed by atoms with E-state index in [1.807, 2.05) is 0 Å². The van der Waals surface area contributed by atoms with Crippen LogP contribution < -0.4 is 11.3 Å². The normalized spacial score (nSPS) is 19.6. The molecule has 0 spiro atoms. The smallest absolute Gasteiger partial charge is 0.125 e. The number of nitrogen functional groups attached to an aromatic ring is 1. The Morgan fingerprint density at radius 2 is 1.72 bits per heavy atom. The number of benzene rings is 2. The third-order valence-electron chi connectivity index (χ3n) is 5.43. The van der Waals surface area contributed by atoms with Gasteiger partial charge in [0, 0.05) is 32.5 Å². The van der Waals surface area contributed by atoms with Crippen molar-refractivity contribution in [2.45, 2.75) is 25.3 Å². The summed E-state index contributed by atoms with van der Waals surface area (Å²) in [6.45, 7) is 3.30. The molecule has 0 unspecified atom stereocenters. The van der Waals surface area contributed by atoms with Gasteiger partial charge in [0.25, 0.3) is 0 Å². The molecule has 0 aliphatic carbocycles. The molecule has 2 aromatic carbocycles. The number of hydrogen-bond donors (Lipinski definition) is 3. The fourth-order valence-corrected chi connectivity index (χ4v) is 5.02. The van der Waals surface area contributed by atoms with E-state index in [9.17, 15) is 8.78 Å². The van der Waals surface area contributed by atoms with Gasteiger partial charge in [-0.2, -0.15) is 0 Å². The molecule has 0 saturated carbocycles. The number of fused-ring (bicyclic) bond motifs is 3. The summed E-state index contributed by atoms with van der Waals surface area (Å²) in [5, 5.41) is 1.05. The number of aromatic amines is 1. The molecule has 0 atom stereocenters. The molecule has 2 bridgehead atoms. The van der Waals surface area contributed by atoms with Crippen molar-refractivity contribution in [2.24, 2.45) is 5.84 Å². The van der Waals surface area contributed by atoms with Crippen LogP contribution in [0, 0.1) is 11.6 Å². The van der Waals surface area contributed by atoms with Gasteiger partial charge in [-0.1, -0.05) is 0 Å². The van der Waals surface area contributed by atoms with Crippen molar-refractivity contribution < 1.29 is 8.78 Å². The van der Waals surface area contributed by atoms with Gasteiger partial charge in [-0.3, -0.25) is 10.7 Å². The molecule has 3 aliphatic heterocycles. The SMILES string of the molecule is Cl.Fc1cc(Br)c2[nH]c3c(c2c1)CN1CCC3CC1.NNc1ccc(F)cc1Br. The first-order chi connectivity index (χ1) is 13.5. The first-order valence-electron chi connectivity index (χ1n) is 9.09. The van der Waals surface area contributed by atoms with Gasteiger partial charge < -0.3 is 10.4 Å². The zero-order chi connectivity index (χ0) is 19.8. The minimum absolute atomic E-state index is 0. The highest BCUT2D eigenvalue weighted by molar-refractivity contribution is 9.11. The maximum Gasteiger partial charge on any atom is 0.125 e. The van der Waals surface area contributed by atoms with E-state index in [2.05, 4.69) is 47.2 Å². The molecule has 1 fully saturated rings. The van der Waals surface area contributed by atoms with Gasteiger partial charge in [-0.25, -0.2) is 8.78 Å². The first kappa shape index (κ1) is 22.5. The minimum atomic E-state index is -0.286. The third-order valence-corrected chi connectivity index (χ3v) is 6.71. The number of halogens is 5. The number of hydrogen-bond acceptors (Lipinski definition) is 3. The molecule has 1 saturated heterocycles. The van der Waals surface area contributed by atoms with E-state index < -0.39 is 0 Å². The summed E-state index contributed by atoms with van der Waals surface area (Å²) in [4.78, 5) is 6.02. The zero-order valence-electron chi connectivity index (χ0n) is 15.4. The summed E-state index contributed by atoms with van der Waals surface area (Å²) in [5.41, 5.74) is 6.78. The lowest BCUT2D eigenvalue weighted by Crippen LogP contribution is -2.29. The second kappa shape index (κ2) is 9.31. The monoisotopic (exact) mass is 548 g/mol. The van der Waals surface area contributed by atoms with Crippen LogP contribution in [0.5, 0.6) is 0 Å². The lowest BCUT2D eigenvalue weighted by Gasteiger charge is -2.26. The molecule has 6 rings (SSSR count). The number of piperidine rings is 1. The van der Waals surface area contributed by atoms with Gasteiger partial charge in [-0.15, -0.1) is 12.4 Å². The second-order valence-electron chi connectivity index (χ2n) is 7.15. The quantitative estimate of drug-likeness (QED) is 0.255. The molecule has 1 aromatic heterocycles. The highest BCUT2D eigenvalue weighted by Gasteiger charge is 2.30. The number of H-pyrrole nitrogens is 1. The summed E-state index contributed by atoms with van der Waals surface area (Å²) in [6, 6.07) is 7.44. The predicted octanol–water partition coefficient (Wildman–Crippen LogP) is 6.06. The minimum Gasteiger partial charge on any atom is -0.357 e. The molecule has 3 aromatic rings. The van der Waals surface area contributed by atoms with Gasteiger partial charge in [0.05, 0.1) is 11.2 Å². The largest absolute Gasteiger partial charge is 0.357 e. The van der Waals surface area contributed by atoms with E-state index >= 15 is 0 Å². The molecular weight excluding hydrogens is 530 g/mol. The summed E-state index contributed by atoms with van der Waals surface area (Å²) < 4.78 is 27.4. The van der Waals surface area contributed by atoms with Crippen molar-refractivity contribution >= 4 is 60.9 Å². The van der Waals surface area contributed by atoms with Crippen LogP contribution in [-0.4, -0.2) is 23.0 Å². The van der Waals surface area contributed by atoms with Crippen LogP contribution in [0.1, 0.15) is 30.0 Å². The lowest BCUT2D eigenvalue weighted by atomic mass is 9.94. The molecule has 0 radical (unpaired) electrons. The molecule has 4 N–H and O–H groups in total. The molecule has 3 aliphatic rings. The summed E-state index contributed by atoms with van der Waals surface area (Å²) in [6.07, 6.45) is 2.44. The summed E-state index contributed by atoms with van der Waals surface area (Å²) in [5.74, 6) is 5.27. The van der Waals surface area contributed by atoms with Crippen LogP contribution in [0.15, 0.2) is 39.3 Å². The Morgan fingerprint density at radius 3 is 2.38 bits per heavy atom.